The summed E-state index contributed by atoms with van der Waals surface area (Å²) in [6.07, 6.45) is 0. The standard InChI is InChI=1S/C6H12N2O3S/c1-6(9)7-2-4-8(5-3-7)12(10)11/h2-5H2,1H3,(H,10,11)/p-1. The molecule has 1 aliphatic rings. The van der Waals surface area contributed by atoms with Gasteiger partial charge in [-0.05, 0) is 0 Å². The second-order valence-electron chi connectivity index (χ2n) is 2.65. The van der Waals surface area contributed by atoms with Crippen LogP contribution in [0.1, 0.15) is 6.92 Å². The van der Waals surface area contributed by atoms with Crippen molar-refractivity contribution < 1.29 is 13.6 Å². The molecule has 1 rings (SSSR count). The van der Waals surface area contributed by atoms with Gasteiger partial charge in [0.1, 0.15) is 0 Å². The molecule has 1 heterocycles. The van der Waals surface area contributed by atoms with E-state index in [9.17, 15) is 13.6 Å². The average molecular weight is 191 g/mol. The van der Waals surface area contributed by atoms with Crippen molar-refractivity contribution >= 4 is 17.2 Å². The van der Waals surface area contributed by atoms with Gasteiger partial charge in [0.25, 0.3) is 0 Å². The van der Waals surface area contributed by atoms with Crippen LogP contribution in [-0.2, 0) is 16.1 Å². The normalized spacial score (nSPS) is 22.3. The van der Waals surface area contributed by atoms with Crippen LogP contribution in [-0.4, -0.2) is 50.1 Å². The van der Waals surface area contributed by atoms with Crippen molar-refractivity contribution in [3.63, 3.8) is 0 Å². The number of nitrogens with zero attached hydrogens (tertiary/aromatic N) is 2. The van der Waals surface area contributed by atoms with Gasteiger partial charge in [0.2, 0.25) is 5.91 Å². The summed E-state index contributed by atoms with van der Waals surface area (Å²) in [5, 5.41) is 0. The summed E-state index contributed by atoms with van der Waals surface area (Å²) in [6.45, 7) is 3.32. The van der Waals surface area contributed by atoms with Crippen LogP contribution in [0, 0.1) is 0 Å². The smallest absolute Gasteiger partial charge is 0.219 e. The number of hydrogen-bond acceptors (Lipinski definition) is 3. The molecule has 1 atom stereocenters. The van der Waals surface area contributed by atoms with Crippen LogP contribution in [0.5, 0.6) is 0 Å². The van der Waals surface area contributed by atoms with Gasteiger partial charge < -0.3 is 9.45 Å². The fraction of sp³-hybridized carbons (Fsp3) is 0.833. The summed E-state index contributed by atoms with van der Waals surface area (Å²) in [5.41, 5.74) is 0. The van der Waals surface area contributed by atoms with E-state index in [-0.39, 0.29) is 5.91 Å². The lowest BCUT2D eigenvalue weighted by Gasteiger charge is -2.34. The summed E-state index contributed by atoms with van der Waals surface area (Å²) in [4.78, 5) is 12.5. The first kappa shape index (κ1) is 9.63. The van der Waals surface area contributed by atoms with Crippen LogP contribution in [0.3, 0.4) is 0 Å². The molecule has 70 valence electrons. The minimum Gasteiger partial charge on any atom is -0.760 e. The molecule has 0 radical (unpaired) electrons. The van der Waals surface area contributed by atoms with E-state index in [0.29, 0.717) is 26.2 Å². The lowest BCUT2D eigenvalue weighted by atomic mass is 10.3. The van der Waals surface area contributed by atoms with Gasteiger partial charge in [0, 0.05) is 44.4 Å². The van der Waals surface area contributed by atoms with E-state index in [1.807, 2.05) is 0 Å². The molecule has 5 nitrogen and oxygen atoms in total. The largest absolute Gasteiger partial charge is 0.760 e. The van der Waals surface area contributed by atoms with Crippen molar-refractivity contribution in [2.75, 3.05) is 26.2 Å². The van der Waals surface area contributed by atoms with Crippen molar-refractivity contribution in [3.8, 4) is 0 Å². The van der Waals surface area contributed by atoms with Crippen molar-refractivity contribution in [1.82, 2.24) is 9.21 Å². The van der Waals surface area contributed by atoms with Crippen molar-refractivity contribution in [3.05, 3.63) is 0 Å². The summed E-state index contributed by atoms with van der Waals surface area (Å²) in [6, 6.07) is 0. The van der Waals surface area contributed by atoms with Crippen LogP contribution in [0.2, 0.25) is 0 Å². The van der Waals surface area contributed by atoms with E-state index >= 15 is 0 Å². The van der Waals surface area contributed by atoms with Crippen LogP contribution < -0.4 is 0 Å². The van der Waals surface area contributed by atoms with E-state index in [0.717, 1.165) is 0 Å². The molecule has 0 bridgehead atoms. The Hall–Kier alpha value is -0.460. The second-order valence-corrected chi connectivity index (χ2v) is 3.60. The Bertz CT molecular complexity index is 179. The molecule has 12 heavy (non-hydrogen) atoms. The molecule has 1 fully saturated rings. The third-order valence-electron chi connectivity index (χ3n) is 1.89. The van der Waals surface area contributed by atoms with Crippen LogP contribution in [0.25, 0.3) is 0 Å². The molecule has 0 aromatic rings. The van der Waals surface area contributed by atoms with Gasteiger partial charge in [-0.3, -0.25) is 9.00 Å². The van der Waals surface area contributed by atoms with Gasteiger partial charge in [-0.2, -0.15) is 0 Å². The van der Waals surface area contributed by atoms with Gasteiger partial charge in [0.05, 0.1) is 0 Å². The Kier molecular flexibility index (Phi) is 3.19. The first-order valence-electron chi connectivity index (χ1n) is 3.71. The van der Waals surface area contributed by atoms with E-state index in [1.165, 1.54) is 11.2 Å². The maximum Gasteiger partial charge on any atom is 0.219 e. The molecular weight excluding hydrogens is 180 g/mol. The molecule has 0 spiro atoms. The van der Waals surface area contributed by atoms with Gasteiger partial charge >= 0.3 is 0 Å². The molecule has 1 amide bonds. The fourth-order valence-electron chi connectivity index (χ4n) is 1.15. The molecule has 1 unspecified atom stereocenters. The van der Waals surface area contributed by atoms with Crippen molar-refractivity contribution in [1.29, 1.82) is 0 Å². The van der Waals surface area contributed by atoms with Crippen molar-refractivity contribution in [2.45, 2.75) is 6.92 Å². The third-order valence-corrected chi connectivity index (χ3v) is 2.68. The quantitative estimate of drug-likeness (QED) is 0.496. The van der Waals surface area contributed by atoms with Gasteiger partial charge in [0.15, 0.2) is 0 Å². The number of carbonyl (C=O) groups is 1. The number of rotatable bonds is 1. The summed E-state index contributed by atoms with van der Waals surface area (Å²) < 4.78 is 22.2. The minimum atomic E-state index is -2.13. The monoisotopic (exact) mass is 191 g/mol. The average Bonchev–Trinajstić information content (AvgIpc) is 2.04. The number of hydrogen-bond donors (Lipinski definition) is 0. The number of piperazine rings is 1. The lowest BCUT2D eigenvalue weighted by molar-refractivity contribution is -0.129. The van der Waals surface area contributed by atoms with Gasteiger partial charge in [-0.15, -0.1) is 0 Å². The summed E-state index contributed by atoms with van der Waals surface area (Å²) >= 11 is -2.13. The zero-order chi connectivity index (χ0) is 9.14. The molecule has 0 saturated carbocycles. The van der Waals surface area contributed by atoms with E-state index < -0.39 is 11.3 Å². The second kappa shape index (κ2) is 3.97. The fourth-order valence-corrected chi connectivity index (χ4v) is 1.61. The van der Waals surface area contributed by atoms with Crippen LogP contribution in [0.15, 0.2) is 0 Å². The van der Waals surface area contributed by atoms with E-state index in [4.69, 9.17) is 0 Å². The maximum atomic E-state index is 10.8. The Morgan fingerprint density at radius 1 is 1.33 bits per heavy atom. The number of carbonyl (C=O) groups excluding carboxylic acids is 1. The van der Waals surface area contributed by atoms with Crippen LogP contribution in [0.4, 0.5) is 0 Å². The highest BCUT2D eigenvalue weighted by atomic mass is 32.2. The van der Waals surface area contributed by atoms with E-state index in [2.05, 4.69) is 0 Å². The SMILES string of the molecule is CC(=O)N1CCN(S(=O)[O-])CC1. The molecule has 0 aromatic carbocycles. The zero-order valence-corrected chi connectivity index (χ0v) is 7.67. The zero-order valence-electron chi connectivity index (χ0n) is 6.86. The predicted molar refractivity (Wildman–Crippen MR) is 42.7 cm³/mol. The highest BCUT2D eigenvalue weighted by molar-refractivity contribution is 7.76. The van der Waals surface area contributed by atoms with Crippen molar-refractivity contribution in [2.24, 2.45) is 0 Å². The topological polar surface area (TPSA) is 63.7 Å². The van der Waals surface area contributed by atoms with Gasteiger partial charge in [-0.25, -0.2) is 4.31 Å². The Balaban J connectivity index is 2.39. The molecule has 1 saturated heterocycles. The summed E-state index contributed by atoms with van der Waals surface area (Å²) in [7, 11) is 0. The number of amides is 1. The molecule has 6 heteroatoms. The molecular formula is C6H11N2O3S-. The highest BCUT2D eigenvalue weighted by Gasteiger charge is 2.18. The molecule has 0 aromatic heterocycles. The first-order chi connectivity index (χ1) is 5.61. The predicted octanol–water partition coefficient (Wildman–Crippen LogP) is -1.06. The lowest BCUT2D eigenvalue weighted by Crippen LogP contribution is -2.48. The Labute approximate surface area is 73.8 Å². The maximum absolute atomic E-state index is 10.8. The molecule has 0 aliphatic carbocycles. The molecule has 0 N–H and O–H groups in total. The highest BCUT2D eigenvalue weighted by Crippen LogP contribution is 2.02. The van der Waals surface area contributed by atoms with E-state index in [1.54, 1.807) is 4.90 Å². The molecule has 1 aliphatic heterocycles. The third kappa shape index (κ3) is 2.26. The Morgan fingerprint density at radius 2 is 1.83 bits per heavy atom. The summed E-state index contributed by atoms with van der Waals surface area (Å²) in [5.74, 6) is 0.00586. The van der Waals surface area contributed by atoms with Crippen LogP contribution >= 0.6 is 0 Å². The first-order valence-corrected chi connectivity index (χ1v) is 4.74. The Morgan fingerprint density at radius 3 is 2.17 bits per heavy atom. The minimum absolute atomic E-state index is 0.00586. The van der Waals surface area contributed by atoms with Gasteiger partial charge in [-0.1, -0.05) is 0 Å².